The van der Waals surface area contributed by atoms with E-state index in [2.05, 4.69) is 43.6 Å². The molecule has 7 heterocycles. The first kappa shape index (κ1) is 60.6. The van der Waals surface area contributed by atoms with Crippen molar-refractivity contribution in [3.8, 4) is 11.3 Å². The van der Waals surface area contributed by atoms with E-state index in [9.17, 15) is 33.6 Å². The van der Waals surface area contributed by atoms with Crippen molar-refractivity contribution in [3.05, 3.63) is 94.6 Å². The number of amides is 8. The zero-order valence-corrected chi connectivity index (χ0v) is 50.9. The zero-order valence-electron chi connectivity index (χ0n) is 50.9. The van der Waals surface area contributed by atoms with Crippen molar-refractivity contribution in [2.75, 3.05) is 54.8 Å². The zero-order chi connectivity index (χ0) is 61.4. The molecule has 0 bridgehead atoms. The van der Waals surface area contributed by atoms with Gasteiger partial charge in [-0.3, -0.25) is 53.5 Å². The number of hydrogen-bond donors (Lipinski definition) is 5. The molecular weight excluding hydrogens is 1110 g/mol. The number of aryl methyl sites for hydroxylation is 1. The van der Waals surface area contributed by atoms with Gasteiger partial charge in [0.05, 0.1) is 45.7 Å². The van der Waals surface area contributed by atoms with Gasteiger partial charge in [0, 0.05) is 92.7 Å². The molecule has 0 radical (unpaired) electrons. The molecule has 1 spiro atoms. The Balaban J connectivity index is 0.677. The highest BCUT2D eigenvalue weighted by atomic mass is 19.1. The molecule has 87 heavy (non-hydrogen) atoms. The van der Waals surface area contributed by atoms with Crippen LogP contribution in [-0.4, -0.2) is 140 Å². The summed E-state index contributed by atoms with van der Waals surface area (Å²) in [6.45, 7) is 15.0. The lowest BCUT2D eigenvalue weighted by Gasteiger charge is -2.49. The number of fused-ring (bicyclic) bond motifs is 4. The van der Waals surface area contributed by atoms with Gasteiger partial charge < -0.3 is 35.6 Å². The number of halogens is 1. The molecule has 21 heteroatoms. The summed E-state index contributed by atoms with van der Waals surface area (Å²) >= 11 is 0. The monoisotopic (exact) mass is 1190 g/mol. The molecule has 20 nitrogen and oxygen atoms in total. The number of carbonyl (C=O) groups excluding carboxylic acids is 8. The lowest BCUT2D eigenvalue weighted by atomic mass is 9.73. The van der Waals surface area contributed by atoms with E-state index in [1.807, 2.05) is 54.2 Å². The van der Waals surface area contributed by atoms with E-state index in [0.29, 0.717) is 79.2 Å². The van der Waals surface area contributed by atoms with Gasteiger partial charge >= 0.3 is 0 Å². The Morgan fingerprint density at radius 1 is 0.805 bits per heavy atom. The number of piperidine rings is 3. The van der Waals surface area contributed by atoms with Crippen LogP contribution in [0.2, 0.25) is 0 Å². The number of nitrogens with one attached hydrogen (secondary N) is 5. The van der Waals surface area contributed by atoms with Crippen molar-refractivity contribution >= 4 is 81.2 Å². The number of imide groups is 2. The van der Waals surface area contributed by atoms with Crippen LogP contribution < -0.4 is 31.5 Å². The van der Waals surface area contributed by atoms with Crippen molar-refractivity contribution in [2.24, 2.45) is 5.92 Å². The average Bonchev–Trinajstić information content (AvgIpc) is 1.62. The fourth-order valence-electron chi connectivity index (χ4n) is 13.9. The molecule has 11 rings (SSSR count). The van der Waals surface area contributed by atoms with Crippen LogP contribution in [0.5, 0.6) is 0 Å². The molecule has 1 unspecified atom stereocenters. The van der Waals surface area contributed by atoms with E-state index in [0.717, 1.165) is 105 Å². The van der Waals surface area contributed by atoms with Crippen LogP contribution in [0.1, 0.15) is 179 Å². The summed E-state index contributed by atoms with van der Waals surface area (Å²) in [4.78, 5) is 122. The lowest BCUT2D eigenvalue weighted by molar-refractivity contribution is -0.136. The molecule has 2 atom stereocenters. The van der Waals surface area contributed by atoms with Gasteiger partial charge in [-0.15, -0.1) is 0 Å². The first-order valence-electron chi connectivity index (χ1n) is 31.4. The second-order valence-corrected chi connectivity index (χ2v) is 25.4. The predicted octanol–water partition coefficient (Wildman–Crippen LogP) is 8.84. The summed E-state index contributed by atoms with van der Waals surface area (Å²) in [5.74, 6) is -2.47. The topological polar surface area (TPSA) is 240 Å². The third-order valence-corrected chi connectivity index (χ3v) is 18.8. The molecule has 2 aromatic heterocycles. The molecule has 460 valence electrons. The molecule has 6 aliphatic rings. The number of imidazole rings is 1. The number of anilines is 4. The van der Waals surface area contributed by atoms with Gasteiger partial charge in [-0.05, 0) is 153 Å². The Morgan fingerprint density at radius 2 is 1.53 bits per heavy atom. The summed E-state index contributed by atoms with van der Waals surface area (Å²) < 4.78 is 17.9. The molecule has 5 aliphatic heterocycles. The van der Waals surface area contributed by atoms with Crippen LogP contribution in [0.25, 0.3) is 22.3 Å². The van der Waals surface area contributed by atoms with Gasteiger partial charge in [0.1, 0.15) is 17.4 Å². The minimum absolute atomic E-state index is 0.000197. The van der Waals surface area contributed by atoms with Crippen molar-refractivity contribution in [3.63, 3.8) is 0 Å². The molecule has 5 N–H and O–H groups in total. The summed E-state index contributed by atoms with van der Waals surface area (Å²) in [6.07, 6.45) is 13.4. The molecular formula is C66H81FN12O8. The fraction of sp³-hybridized carbons (Fsp3) is 0.515. The van der Waals surface area contributed by atoms with Crippen molar-refractivity contribution in [1.82, 2.24) is 45.2 Å². The number of rotatable bonds is 21. The number of carbonyl (C=O) groups is 8. The highest BCUT2D eigenvalue weighted by Gasteiger charge is 2.56. The molecule has 8 amide bonds. The van der Waals surface area contributed by atoms with E-state index in [1.165, 1.54) is 12.1 Å². The van der Waals surface area contributed by atoms with Crippen LogP contribution in [-0.2, 0) is 29.4 Å². The second kappa shape index (κ2) is 25.3. The number of likely N-dealkylation sites (tertiary alicyclic amines) is 2. The summed E-state index contributed by atoms with van der Waals surface area (Å²) in [5, 5.41) is 15.0. The van der Waals surface area contributed by atoms with Crippen LogP contribution in [0.15, 0.2) is 60.9 Å². The number of hydrogen-bond acceptors (Lipinski definition) is 13. The number of pyridine rings is 1. The van der Waals surface area contributed by atoms with Gasteiger partial charge in [0.2, 0.25) is 29.5 Å². The third-order valence-electron chi connectivity index (χ3n) is 18.8. The largest absolute Gasteiger partial charge is 0.385 e. The number of aromatic nitrogens is 3. The molecule has 5 aromatic rings. The van der Waals surface area contributed by atoms with E-state index >= 15 is 9.18 Å². The van der Waals surface area contributed by atoms with E-state index in [1.54, 1.807) is 38.4 Å². The summed E-state index contributed by atoms with van der Waals surface area (Å²) in [5.41, 5.74) is 5.88. The smallest absolute Gasteiger partial charge is 0.262 e. The highest BCUT2D eigenvalue weighted by molar-refractivity contribution is 6.24. The quantitative estimate of drug-likeness (QED) is 0.0341. The standard InChI is InChI=1S/C66H81FN12O8/c1-38(2)71-61(83)48-34-53(51(67)29-40(48)5)73-59-58-54(70-37-77(58)39(3)4)35-52(72-59)42-16-19-50-56(30-42)78(65(87)66(50)22-27-75(28-23-66)41(6)80)46-32-45(33-46)76-26-14-15-43(36-76)60(82)69-25-13-11-9-7-8-10-12-24-68-44-17-18-47-49(31-44)64(86)79(63(47)85)55-20-21-57(81)74-62(55)84/h16-19,29-31,34-35,37-39,43,45-46,55,68H,7-15,20-28,32-33,36H2,1-6H3,(H,69,82)(H,71,83)(H,72,73)(H,74,81,84)/t43-,45-,46+,55?/m1/s1. The van der Waals surface area contributed by atoms with Crippen LogP contribution in [0.4, 0.5) is 27.3 Å². The maximum absolute atomic E-state index is 15.9. The Labute approximate surface area is 507 Å². The maximum Gasteiger partial charge on any atom is 0.262 e. The highest BCUT2D eigenvalue weighted by Crippen LogP contribution is 2.52. The van der Waals surface area contributed by atoms with E-state index < -0.39 is 40.9 Å². The van der Waals surface area contributed by atoms with Crippen molar-refractivity contribution < 1.29 is 42.7 Å². The summed E-state index contributed by atoms with van der Waals surface area (Å²) in [7, 11) is 0. The first-order valence-corrected chi connectivity index (χ1v) is 31.4. The van der Waals surface area contributed by atoms with Crippen LogP contribution in [0, 0.1) is 18.7 Å². The van der Waals surface area contributed by atoms with Crippen molar-refractivity contribution in [1.29, 1.82) is 0 Å². The minimum atomic E-state index is -0.994. The van der Waals surface area contributed by atoms with Gasteiger partial charge in [0.25, 0.3) is 17.7 Å². The minimum Gasteiger partial charge on any atom is -0.385 e. The van der Waals surface area contributed by atoms with Crippen LogP contribution >= 0.6 is 0 Å². The molecule has 3 aromatic carbocycles. The molecule has 4 fully saturated rings. The third kappa shape index (κ3) is 12.2. The fourth-order valence-corrected chi connectivity index (χ4v) is 13.9. The van der Waals surface area contributed by atoms with Gasteiger partial charge in [0.15, 0.2) is 5.82 Å². The first-order chi connectivity index (χ1) is 41.8. The van der Waals surface area contributed by atoms with E-state index in [-0.39, 0.29) is 83.4 Å². The van der Waals surface area contributed by atoms with Gasteiger partial charge in [-0.2, -0.15) is 0 Å². The van der Waals surface area contributed by atoms with Crippen LogP contribution in [0.3, 0.4) is 0 Å². The van der Waals surface area contributed by atoms with Gasteiger partial charge in [-0.1, -0.05) is 44.2 Å². The SMILES string of the molecule is CC(=O)N1CCC2(CC1)C(=O)N([C@H]1C[C@@H](N3CCC[C@@H](C(=O)NCCCCCCCCCNc4ccc5c(c4)C(=O)N(C4CCC(=O)NC4=O)C5=O)C3)C1)c1cc(-c3cc4ncn(C(C)C)c4c(Nc4cc(C(=O)NC(C)C)c(C)cc4F)n3)ccc12. The number of nitrogens with zero attached hydrogens (tertiary/aromatic N) is 7. The number of benzene rings is 3. The van der Waals surface area contributed by atoms with E-state index in [4.69, 9.17) is 9.97 Å². The molecule has 1 saturated carbocycles. The number of unbranched alkanes of at least 4 members (excludes halogenated alkanes) is 6. The Morgan fingerprint density at radius 3 is 2.24 bits per heavy atom. The Hall–Kier alpha value is -8.07. The summed E-state index contributed by atoms with van der Waals surface area (Å²) in [6, 6.07) is 15.0. The second-order valence-electron chi connectivity index (χ2n) is 25.4. The average molecular weight is 1190 g/mol. The lowest BCUT2D eigenvalue weighted by Crippen LogP contribution is -2.59. The Bertz CT molecular complexity index is 3550. The molecule has 1 aliphatic carbocycles. The maximum atomic E-state index is 15.9. The Kier molecular flexibility index (Phi) is 17.6. The van der Waals surface area contributed by atoms with Gasteiger partial charge in [-0.25, -0.2) is 14.4 Å². The predicted molar refractivity (Wildman–Crippen MR) is 329 cm³/mol. The van der Waals surface area contributed by atoms with Crippen molar-refractivity contribution in [2.45, 2.75) is 173 Å². The normalized spacial score (nSPS) is 21.0. The molecule has 3 saturated heterocycles.